The van der Waals surface area contributed by atoms with E-state index in [0.29, 0.717) is 22.8 Å². The van der Waals surface area contributed by atoms with Gasteiger partial charge in [-0.25, -0.2) is 0 Å². The fraction of sp³-hybridized carbons (Fsp3) is 0.429. The van der Waals surface area contributed by atoms with Gasteiger partial charge in [0.1, 0.15) is 6.33 Å². The van der Waals surface area contributed by atoms with Gasteiger partial charge >= 0.3 is 0 Å². The third-order valence-corrected chi connectivity index (χ3v) is 3.96. The fourth-order valence-electron chi connectivity index (χ4n) is 2.52. The molecule has 1 fully saturated rings. The second-order valence-corrected chi connectivity index (χ2v) is 5.70. The van der Waals surface area contributed by atoms with E-state index in [2.05, 4.69) is 31.1 Å². The van der Waals surface area contributed by atoms with Crippen LogP contribution in [0.15, 0.2) is 24.5 Å². The van der Waals surface area contributed by atoms with Gasteiger partial charge in [-0.2, -0.15) is 4.68 Å². The van der Waals surface area contributed by atoms with Crippen molar-refractivity contribution in [3.8, 4) is 5.69 Å². The molecule has 130 valence electrons. The highest BCUT2D eigenvalue weighted by Crippen LogP contribution is 2.18. The average molecular weight is 372 g/mol. The Labute approximate surface area is 150 Å². The summed E-state index contributed by atoms with van der Waals surface area (Å²) in [5.41, 5.74) is 1.05. The maximum absolute atomic E-state index is 12.5. The summed E-state index contributed by atoms with van der Waals surface area (Å²) in [6.07, 6.45) is 1.45. The molecule has 0 bridgehead atoms. The summed E-state index contributed by atoms with van der Waals surface area (Å²) < 4.78 is 1.45. The first-order valence-corrected chi connectivity index (χ1v) is 7.86. The molecule has 1 amide bonds. The minimum absolute atomic E-state index is 0. The van der Waals surface area contributed by atoms with Crippen LogP contribution in [0, 0.1) is 0 Å². The van der Waals surface area contributed by atoms with Gasteiger partial charge in [-0.1, -0.05) is 11.6 Å². The minimum atomic E-state index is -0.187. The molecule has 2 aromatic rings. The Hall–Kier alpha value is -1.74. The number of nitrogens with one attached hydrogen (secondary N) is 2. The predicted octanol–water partition coefficient (Wildman–Crippen LogP) is 0.373. The minimum Gasteiger partial charge on any atom is -0.351 e. The number of piperazine rings is 1. The first-order valence-electron chi connectivity index (χ1n) is 7.48. The Morgan fingerprint density at radius 3 is 2.83 bits per heavy atom. The zero-order valence-corrected chi connectivity index (χ0v) is 14.6. The van der Waals surface area contributed by atoms with Gasteiger partial charge in [0.15, 0.2) is 0 Å². The number of carbonyl (C=O) groups excluding carboxylic acids is 1. The molecule has 1 aliphatic rings. The molecule has 3 rings (SSSR count). The number of hydrogen-bond acceptors (Lipinski definition) is 6. The summed E-state index contributed by atoms with van der Waals surface area (Å²) in [7, 11) is 0. The maximum Gasteiger partial charge on any atom is 0.253 e. The molecular formula is C14H19Cl2N7O. The lowest BCUT2D eigenvalue weighted by Gasteiger charge is -2.27. The van der Waals surface area contributed by atoms with Crippen molar-refractivity contribution in [3.05, 3.63) is 35.1 Å². The second kappa shape index (κ2) is 8.93. The molecule has 0 atom stereocenters. The summed E-state index contributed by atoms with van der Waals surface area (Å²) in [6, 6.07) is 5.05. The summed E-state index contributed by atoms with van der Waals surface area (Å²) >= 11 is 6.02. The largest absolute Gasteiger partial charge is 0.351 e. The van der Waals surface area contributed by atoms with Gasteiger partial charge in [0.2, 0.25) is 0 Å². The molecule has 24 heavy (non-hydrogen) atoms. The van der Waals surface area contributed by atoms with Crippen molar-refractivity contribution in [2.45, 2.75) is 0 Å². The van der Waals surface area contributed by atoms with E-state index in [0.717, 1.165) is 32.7 Å². The van der Waals surface area contributed by atoms with Gasteiger partial charge in [0.05, 0.1) is 11.3 Å². The molecule has 10 heteroatoms. The Bertz CT molecular complexity index is 659. The van der Waals surface area contributed by atoms with Crippen LogP contribution in [0.4, 0.5) is 0 Å². The van der Waals surface area contributed by atoms with Gasteiger partial charge in [-0.3, -0.25) is 9.69 Å². The molecule has 0 spiro atoms. The van der Waals surface area contributed by atoms with Gasteiger partial charge in [0.25, 0.3) is 5.91 Å². The van der Waals surface area contributed by atoms with Crippen molar-refractivity contribution >= 4 is 29.9 Å². The van der Waals surface area contributed by atoms with Crippen molar-refractivity contribution < 1.29 is 4.79 Å². The molecule has 1 aromatic heterocycles. The maximum atomic E-state index is 12.5. The third kappa shape index (κ3) is 4.64. The lowest BCUT2D eigenvalue weighted by Crippen LogP contribution is -2.46. The molecule has 1 aromatic carbocycles. The van der Waals surface area contributed by atoms with Gasteiger partial charge in [0, 0.05) is 44.3 Å². The summed E-state index contributed by atoms with van der Waals surface area (Å²) in [5.74, 6) is -0.187. The monoisotopic (exact) mass is 371 g/mol. The fourth-order valence-corrected chi connectivity index (χ4v) is 2.69. The summed E-state index contributed by atoms with van der Waals surface area (Å²) in [4.78, 5) is 14.8. The van der Waals surface area contributed by atoms with Crippen LogP contribution in [-0.2, 0) is 0 Å². The van der Waals surface area contributed by atoms with Crippen LogP contribution in [0.5, 0.6) is 0 Å². The van der Waals surface area contributed by atoms with Gasteiger partial charge in [-0.15, -0.1) is 17.5 Å². The normalized spacial score (nSPS) is 14.9. The molecule has 0 saturated carbocycles. The van der Waals surface area contributed by atoms with Crippen LogP contribution in [0.2, 0.25) is 5.02 Å². The number of carbonyl (C=O) groups is 1. The van der Waals surface area contributed by atoms with Crippen molar-refractivity contribution in [3.63, 3.8) is 0 Å². The van der Waals surface area contributed by atoms with Crippen LogP contribution < -0.4 is 10.6 Å². The first kappa shape index (κ1) is 18.6. The number of hydrogen-bond donors (Lipinski definition) is 2. The third-order valence-electron chi connectivity index (χ3n) is 3.72. The van der Waals surface area contributed by atoms with Crippen molar-refractivity contribution in [2.75, 3.05) is 39.3 Å². The molecule has 2 N–H and O–H groups in total. The number of nitrogens with zero attached hydrogens (tertiary/aromatic N) is 5. The Morgan fingerprint density at radius 2 is 2.12 bits per heavy atom. The first-order chi connectivity index (χ1) is 11.2. The van der Waals surface area contributed by atoms with Gasteiger partial charge in [-0.05, 0) is 28.6 Å². The molecule has 1 saturated heterocycles. The number of rotatable bonds is 5. The zero-order chi connectivity index (χ0) is 16.1. The Morgan fingerprint density at radius 1 is 1.33 bits per heavy atom. The molecule has 1 aliphatic heterocycles. The van der Waals surface area contributed by atoms with Gasteiger partial charge < -0.3 is 10.6 Å². The van der Waals surface area contributed by atoms with E-state index >= 15 is 0 Å². The highest BCUT2D eigenvalue weighted by molar-refractivity contribution is 6.31. The second-order valence-electron chi connectivity index (χ2n) is 5.26. The number of benzene rings is 1. The number of amides is 1. The van der Waals surface area contributed by atoms with E-state index in [1.54, 1.807) is 18.2 Å². The SMILES string of the molecule is Cl.O=C(NCCN1CCNCC1)c1cc(Cl)ccc1-n1cnnn1. The number of halogens is 2. The van der Waals surface area contributed by atoms with E-state index in [1.807, 2.05) is 0 Å². The smallest absolute Gasteiger partial charge is 0.253 e. The summed E-state index contributed by atoms with van der Waals surface area (Å²) in [5, 5.41) is 17.8. The van der Waals surface area contributed by atoms with Crippen LogP contribution in [0.1, 0.15) is 10.4 Å². The van der Waals surface area contributed by atoms with Crippen molar-refractivity contribution in [1.82, 2.24) is 35.7 Å². The molecule has 2 heterocycles. The quantitative estimate of drug-likeness (QED) is 0.789. The van der Waals surface area contributed by atoms with E-state index < -0.39 is 0 Å². The molecular weight excluding hydrogens is 353 g/mol. The highest BCUT2D eigenvalue weighted by Gasteiger charge is 2.15. The topological polar surface area (TPSA) is 88.0 Å². The van der Waals surface area contributed by atoms with Crippen molar-refractivity contribution in [2.24, 2.45) is 0 Å². The lowest BCUT2D eigenvalue weighted by molar-refractivity contribution is 0.0947. The Balaban J connectivity index is 0.00000208. The molecule has 0 aliphatic carbocycles. The average Bonchev–Trinajstić information content (AvgIpc) is 3.10. The van der Waals surface area contributed by atoms with Crippen LogP contribution >= 0.6 is 24.0 Å². The van der Waals surface area contributed by atoms with Crippen LogP contribution in [0.3, 0.4) is 0 Å². The number of tetrazole rings is 1. The van der Waals surface area contributed by atoms with Crippen LogP contribution in [0.25, 0.3) is 5.69 Å². The zero-order valence-electron chi connectivity index (χ0n) is 13.0. The van der Waals surface area contributed by atoms with E-state index in [-0.39, 0.29) is 18.3 Å². The highest BCUT2D eigenvalue weighted by atomic mass is 35.5. The van der Waals surface area contributed by atoms with E-state index in [4.69, 9.17) is 11.6 Å². The molecule has 8 nitrogen and oxygen atoms in total. The standard InChI is InChI=1S/C14H18ClN7O.ClH/c15-11-1-2-13(22-10-18-19-20-22)12(9-11)14(23)17-5-8-21-6-3-16-4-7-21;/h1-2,9-10,16H,3-8H2,(H,17,23);1H. The molecule has 0 radical (unpaired) electrons. The van der Waals surface area contributed by atoms with Crippen molar-refractivity contribution in [1.29, 1.82) is 0 Å². The van der Waals surface area contributed by atoms with E-state index in [1.165, 1.54) is 11.0 Å². The Kier molecular flexibility index (Phi) is 6.92. The van der Waals surface area contributed by atoms with Crippen LogP contribution in [-0.4, -0.2) is 70.3 Å². The summed E-state index contributed by atoms with van der Waals surface area (Å²) in [6.45, 7) is 5.40. The number of aromatic nitrogens is 4. The lowest BCUT2D eigenvalue weighted by atomic mass is 10.1. The predicted molar refractivity (Wildman–Crippen MR) is 93.1 cm³/mol. The van der Waals surface area contributed by atoms with E-state index in [9.17, 15) is 4.79 Å². The molecule has 0 unspecified atom stereocenters.